The summed E-state index contributed by atoms with van der Waals surface area (Å²) < 4.78 is 1.71. The Morgan fingerprint density at radius 1 is 1.56 bits per heavy atom. The third kappa shape index (κ3) is 2.22. The van der Waals surface area contributed by atoms with Gasteiger partial charge in [-0.1, -0.05) is 0 Å². The first-order chi connectivity index (χ1) is 4.30. The van der Waals surface area contributed by atoms with Gasteiger partial charge in [0, 0.05) is 0 Å². The SMILES string of the molecule is NC(=O)[CH]1CCC[CH2][Po]1. The molecule has 52 valence electrons. The Hall–Kier alpha value is 0.366. The van der Waals surface area contributed by atoms with Gasteiger partial charge in [-0.3, -0.25) is 0 Å². The molecule has 2 N–H and O–H groups in total. The molecule has 1 unspecified atom stereocenters. The summed E-state index contributed by atoms with van der Waals surface area (Å²) in [6, 6.07) is 0. The van der Waals surface area contributed by atoms with Gasteiger partial charge in [0.1, 0.15) is 0 Å². The van der Waals surface area contributed by atoms with Gasteiger partial charge in [-0.05, 0) is 0 Å². The molecule has 1 heterocycles. The molecule has 0 bridgehead atoms. The van der Waals surface area contributed by atoms with E-state index in [1.54, 1.807) is 0 Å². The second kappa shape index (κ2) is 3.51. The molecule has 1 aliphatic heterocycles. The fraction of sp³-hybridized carbons (Fsp3) is 0.833. The Labute approximate surface area is 67.0 Å². The van der Waals surface area contributed by atoms with E-state index in [1.165, 1.54) is 16.9 Å². The molecule has 9 heavy (non-hydrogen) atoms. The van der Waals surface area contributed by atoms with Crippen LogP contribution in [-0.4, -0.2) is 29.5 Å². The Morgan fingerprint density at radius 3 is 2.67 bits per heavy atom. The van der Waals surface area contributed by atoms with Crippen molar-refractivity contribution in [3.63, 3.8) is 0 Å². The quantitative estimate of drug-likeness (QED) is 0.753. The van der Waals surface area contributed by atoms with Gasteiger partial charge in [0.2, 0.25) is 0 Å². The summed E-state index contributed by atoms with van der Waals surface area (Å²) in [6.45, 7) is 0. The van der Waals surface area contributed by atoms with Crippen LogP contribution in [0, 0.1) is 0 Å². The number of carbonyl (C=O) groups is 1. The van der Waals surface area contributed by atoms with E-state index in [-0.39, 0.29) is 29.5 Å². The Morgan fingerprint density at radius 2 is 2.33 bits per heavy atom. The first kappa shape index (κ1) is 7.47. The van der Waals surface area contributed by atoms with Crippen LogP contribution in [0.2, 0.25) is 7.66 Å². The zero-order chi connectivity index (χ0) is 6.69. The van der Waals surface area contributed by atoms with Crippen molar-refractivity contribution in [2.24, 2.45) is 5.73 Å². The average molecular weight is 322 g/mol. The van der Waals surface area contributed by atoms with Crippen molar-refractivity contribution in [3.05, 3.63) is 0 Å². The maximum atomic E-state index is 10.6. The number of amides is 1. The van der Waals surface area contributed by atoms with Gasteiger partial charge in [-0.15, -0.1) is 0 Å². The normalized spacial score (nSPS) is 27.8. The molecule has 1 amide bonds. The zero-order valence-corrected chi connectivity index (χ0v) is 8.47. The molecule has 3 heteroatoms. The molecule has 1 aliphatic rings. The molecule has 0 aromatic carbocycles. The summed E-state index contributed by atoms with van der Waals surface area (Å²) in [4.78, 5) is 10.6. The van der Waals surface area contributed by atoms with E-state index in [1.807, 2.05) is 0 Å². The molecule has 0 spiro atoms. The molecular formula is C6H11NOPo. The molecule has 0 aromatic rings. The number of carbonyl (C=O) groups excluding carboxylic acids is 1. The van der Waals surface area contributed by atoms with Gasteiger partial charge >= 0.3 is 66.9 Å². The standard InChI is InChI=1S/C6H11NO.Po/c1-2-3-4-5-6(7)8;/h5H,1-4H2,(H2,7,8);. The second-order valence-electron chi connectivity index (χ2n) is 2.26. The molecule has 0 aliphatic carbocycles. The van der Waals surface area contributed by atoms with Crippen molar-refractivity contribution in [2.45, 2.75) is 26.9 Å². The van der Waals surface area contributed by atoms with Crippen LogP contribution in [0.3, 0.4) is 0 Å². The van der Waals surface area contributed by atoms with E-state index in [9.17, 15) is 4.79 Å². The van der Waals surface area contributed by atoms with Gasteiger partial charge < -0.3 is 0 Å². The fourth-order valence-electron chi connectivity index (χ4n) is 0.965. The maximum absolute atomic E-state index is 10.6. The summed E-state index contributed by atoms with van der Waals surface area (Å²) in [7, 11) is 0. The van der Waals surface area contributed by atoms with Crippen LogP contribution in [0.1, 0.15) is 19.3 Å². The van der Waals surface area contributed by atoms with Crippen molar-refractivity contribution in [3.8, 4) is 0 Å². The van der Waals surface area contributed by atoms with Crippen LogP contribution in [0.5, 0.6) is 0 Å². The van der Waals surface area contributed by atoms with Crippen molar-refractivity contribution < 1.29 is 4.79 Å². The topological polar surface area (TPSA) is 43.1 Å². The summed E-state index contributed by atoms with van der Waals surface area (Å²) in [5, 5.41) is 0. The van der Waals surface area contributed by atoms with Crippen molar-refractivity contribution in [1.82, 2.24) is 0 Å². The summed E-state index contributed by atoms with van der Waals surface area (Å²) in [5.74, 6) is -0.0281. The molecular weight excluding hydrogens is 311 g/mol. The Balaban J connectivity index is 2.31. The number of rotatable bonds is 1. The van der Waals surface area contributed by atoms with E-state index < -0.39 is 0 Å². The van der Waals surface area contributed by atoms with Crippen LogP contribution < -0.4 is 5.73 Å². The summed E-state index contributed by atoms with van der Waals surface area (Å²) >= 11 is -0.324. The zero-order valence-electron chi connectivity index (χ0n) is 5.30. The monoisotopic (exact) mass is 322 g/mol. The fourth-order valence-corrected chi connectivity index (χ4v) is 5.45. The molecule has 1 fully saturated rings. The second-order valence-corrected chi connectivity index (χ2v) is 7.35. The molecule has 0 saturated carbocycles. The van der Waals surface area contributed by atoms with Gasteiger partial charge in [-0.25, -0.2) is 0 Å². The first-order valence-corrected chi connectivity index (χ1v) is 7.29. The summed E-state index contributed by atoms with van der Waals surface area (Å²) in [6.07, 6.45) is 3.68. The Bertz CT molecular complexity index is 110. The third-order valence-corrected chi connectivity index (χ3v) is 6.92. The minimum atomic E-state index is -0.324. The predicted molar refractivity (Wildman–Crippen MR) is 37.4 cm³/mol. The van der Waals surface area contributed by atoms with Gasteiger partial charge in [0.05, 0.1) is 0 Å². The molecule has 1 atom stereocenters. The van der Waals surface area contributed by atoms with E-state index >= 15 is 0 Å². The average Bonchev–Trinajstić information content (AvgIpc) is 1.90. The van der Waals surface area contributed by atoms with Crippen molar-refractivity contribution >= 4 is 29.5 Å². The number of nitrogens with two attached hydrogens (primary N) is 1. The third-order valence-electron chi connectivity index (χ3n) is 1.50. The number of hydrogen-bond donors (Lipinski definition) is 1. The van der Waals surface area contributed by atoms with Crippen LogP contribution in [0.15, 0.2) is 0 Å². The summed E-state index contributed by atoms with van der Waals surface area (Å²) in [5.41, 5.74) is 5.17. The molecule has 1 rings (SSSR count). The van der Waals surface area contributed by atoms with Crippen molar-refractivity contribution in [2.75, 3.05) is 0 Å². The van der Waals surface area contributed by atoms with Crippen LogP contribution in [0.25, 0.3) is 0 Å². The van der Waals surface area contributed by atoms with Crippen LogP contribution >= 0.6 is 0 Å². The van der Waals surface area contributed by atoms with E-state index in [0.717, 1.165) is 6.42 Å². The van der Waals surface area contributed by atoms with Gasteiger partial charge in [0.25, 0.3) is 0 Å². The number of hydrogen-bond acceptors (Lipinski definition) is 1. The van der Waals surface area contributed by atoms with E-state index in [4.69, 9.17) is 5.73 Å². The first-order valence-electron chi connectivity index (χ1n) is 3.21. The van der Waals surface area contributed by atoms with Gasteiger partial charge in [-0.2, -0.15) is 0 Å². The van der Waals surface area contributed by atoms with Crippen LogP contribution in [-0.2, 0) is 4.79 Å². The Kier molecular flexibility index (Phi) is 2.92. The molecule has 0 radical (unpaired) electrons. The van der Waals surface area contributed by atoms with Crippen molar-refractivity contribution in [1.29, 1.82) is 0 Å². The molecule has 1 saturated heterocycles. The molecule has 0 aromatic heterocycles. The number of primary amides is 1. The van der Waals surface area contributed by atoms with Crippen LogP contribution in [0.4, 0.5) is 0 Å². The minimum absolute atomic E-state index is 0.0281. The van der Waals surface area contributed by atoms with E-state index in [2.05, 4.69) is 0 Å². The molecule has 2 nitrogen and oxygen atoms in total. The van der Waals surface area contributed by atoms with E-state index in [0.29, 0.717) is 3.58 Å². The predicted octanol–water partition coefficient (Wildman–Crippen LogP) is 0.567. The van der Waals surface area contributed by atoms with Gasteiger partial charge in [0.15, 0.2) is 0 Å².